The maximum absolute atomic E-state index is 13.5. The summed E-state index contributed by atoms with van der Waals surface area (Å²) in [5, 5.41) is 9.94. The number of hydrogen-bond donors (Lipinski definition) is 1. The first-order valence-electron chi connectivity index (χ1n) is 8.69. The number of aliphatic hydroxyl groups is 1. The lowest BCUT2D eigenvalue weighted by atomic mass is 9.97. The smallest absolute Gasteiger partial charge is 0.161 e. The van der Waals surface area contributed by atoms with E-state index in [0.717, 1.165) is 11.1 Å². The van der Waals surface area contributed by atoms with E-state index in [1.54, 1.807) is 26.4 Å². The van der Waals surface area contributed by atoms with E-state index in [1.807, 2.05) is 18.2 Å². The quantitative estimate of drug-likeness (QED) is 0.812. The number of benzene rings is 2. The van der Waals surface area contributed by atoms with E-state index in [4.69, 9.17) is 25.8 Å². The van der Waals surface area contributed by atoms with Crippen LogP contribution in [0.25, 0.3) is 0 Å². The molecular formula is C20H23ClFNO4. The van der Waals surface area contributed by atoms with Gasteiger partial charge in [-0.1, -0.05) is 23.7 Å². The molecule has 5 nitrogen and oxygen atoms in total. The summed E-state index contributed by atoms with van der Waals surface area (Å²) in [6.07, 6.45) is -0.382. The van der Waals surface area contributed by atoms with E-state index in [1.165, 1.54) is 6.07 Å². The van der Waals surface area contributed by atoms with E-state index in [2.05, 4.69) is 4.90 Å². The van der Waals surface area contributed by atoms with E-state index >= 15 is 0 Å². The normalized spacial score (nSPS) is 20.5. The Morgan fingerprint density at radius 2 is 1.96 bits per heavy atom. The average Bonchev–Trinajstić information content (AvgIpc) is 2.70. The Balaban J connectivity index is 1.93. The molecule has 1 N–H and O–H groups in total. The molecule has 3 rings (SSSR count). The molecule has 1 aliphatic rings. The Labute approximate surface area is 163 Å². The van der Waals surface area contributed by atoms with Gasteiger partial charge in [0, 0.05) is 13.1 Å². The lowest BCUT2D eigenvalue weighted by Gasteiger charge is -2.41. The van der Waals surface area contributed by atoms with Crippen molar-refractivity contribution in [3.8, 4) is 11.5 Å². The van der Waals surface area contributed by atoms with Crippen LogP contribution in [0.15, 0.2) is 36.4 Å². The molecule has 1 heterocycles. The molecule has 0 saturated carbocycles. The lowest BCUT2D eigenvalue weighted by Crippen LogP contribution is -2.46. The fourth-order valence-electron chi connectivity index (χ4n) is 3.45. The van der Waals surface area contributed by atoms with Crippen molar-refractivity contribution in [1.29, 1.82) is 0 Å². The van der Waals surface area contributed by atoms with Crippen LogP contribution in [-0.2, 0) is 11.3 Å². The number of hydrogen-bond acceptors (Lipinski definition) is 5. The molecular weight excluding hydrogens is 373 g/mol. The first kappa shape index (κ1) is 19.9. The predicted octanol–water partition coefficient (Wildman–Crippen LogP) is 3.43. The molecule has 0 unspecified atom stereocenters. The highest BCUT2D eigenvalue weighted by Gasteiger charge is 2.33. The molecule has 2 aromatic carbocycles. The molecule has 0 aromatic heterocycles. The van der Waals surface area contributed by atoms with Gasteiger partial charge < -0.3 is 19.3 Å². The molecule has 2 aromatic rings. The van der Waals surface area contributed by atoms with Crippen molar-refractivity contribution >= 4 is 11.6 Å². The molecule has 0 aliphatic carbocycles. The molecule has 0 spiro atoms. The highest BCUT2D eigenvalue weighted by Crippen LogP contribution is 2.36. The average molecular weight is 396 g/mol. The van der Waals surface area contributed by atoms with Gasteiger partial charge in [0.25, 0.3) is 0 Å². The maximum atomic E-state index is 13.5. The topological polar surface area (TPSA) is 51.2 Å². The van der Waals surface area contributed by atoms with Gasteiger partial charge in [0.15, 0.2) is 11.5 Å². The van der Waals surface area contributed by atoms with Crippen LogP contribution in [0.4, 0.5) is 4.39 Å². The summed E-state index contributed by atoms with van der Waals surface area (Å²) in [5.41, 5.74) is 1.84. The van der Waals surface area contributed by atoms with Gasteiger partial charge in [-0.25, -0.2) is 4.39 Å². The molecule has 1 saturated heterocycles. The number of methoxy groups -OCH3 is 2. The summed E-state index contributed by atoms with van der Waals surface area (Å²) in [6.45, 7) is 1.62. The van der Waals surface area contributed by atoms with Crippen molar-refractivity contribution < 1.29 is 23.7 Å². The van der Waals surface area contributed by atoms with Crippen LogP contribution >= 0.6 is 11.6 Å². The number of halogens is 2. The van der Waals surface area contributed by atoms with Gasteiger partial charge in [0.1, 0.15) is 11.9 Å². The summed E-state index contributed by atoms with van der Waals surface area (Å²) >= 11 is 5.93. The van der Waals surface area contributed by atoms with Gasteiger partial charge in [-0.15, -0.1) is 0 Å². The van der Waals surface area contributed by atoms with E-state index < -0.39 is 5.82 Å². The molecule has 1 aliphatic heterocycles. The van der Waals surface area contributed by atoms with Crippen LogP contribution in [0.1, 0.15) is 17.2 Å². The summed E-state index contributed by atoms with van der Waals surface area (Å²) in [6, 6.07) is 10.2. The van der Waals surface area contributed by atoms with Crippen molar-refractivity contribution in [3.63, 3.8) is 0 Å². The van der Waals surface area contributed by atoms with Crippen molar-refractivity contribution in [2.24, 2.45) is 0 Å². The number of rotatable bonds is 6. The van der Waals surface area contributed by atoms with Gasteiger partial charge in [-0.3, -0.25) is 4.90 Å². The van der Waals surface area contributed by atoms with Crippen molar-refractivity contribution in [1.82, 2.24) is 4.90 Å². The monoisotopic (exact) mass is 395 g/mol. The zero-order valence-electron chi connectivity index (χ0n) is 15.3. The van der Waals surface area contributed by atoms with Gasteiger partial charge in [-0.05, 0) is 35.4 Å². The molecule has 7 heteroatoms. The lowest BCUT2D eigenvalue weighted by molar-refractivity contribution is -0.0961. The second kappa shape index (κ2) is 8.89. The van der Waals surface area contributed by atoms with Crippen molar-refractivity contribution in [2.45, 2.75) is 18.7 Å². The van der Waals surface area contributed by atoms with Crippen LogP contribution in [-0.4, -0.2) is 50.1 Å². The predicted molar refractivity (Wildman–Crippen MR) is 101 cm³/mol. The number of nitrogens with zero attached hydrogens (tertiary/aromatic N) is 1. The van der Waals surface area contributed by atoms with Crippen LogP contribution in [0.3, 0.4) is 0 Å². The third-order valence-electron chi connectivity index (χ3n) is 4.75. The third-order valence-corrected chi connectivity index (χ3v) is 5.04. The molecule has 1 fully saturated rings. The molecule has 0 bridgehead atoms. The van der Waals surface area contributed by atoms with E-state index in [9.17, 15) is 9.50 Å². The Morgan fingerprint density at radius 3 is 2.63 bits per heavy atom. The fraction of sp³-hybridized carbons (Fsp3) is 0.400. The highest BCUT2D eigenvalue weighted by atomic mass is 35.5. The van der Waals surface area contributed by atoms with Crippen LogP contribution in [0.2, 0.25) is 5.02 Å². The minimum Gasteiger partial charge on any atom is -0.493 e. The molecule has 146 valence electrons. The first-order chi connectivity index (χ1) is 13.1. The van der Waals surface area contributed by atoms with Gasteiger partial charge in [0.2, 0.25) is 0 Å². The second-order valence-corrected chi connectivity index (χ2v) is 6.78. The zero-order chi connectivity index (χ0) is 19.4. The van der Waals surface area contributed by atoms with Gasteiger partial charge in [0.05, 0.1) is 38.5 Å². The Kier molecular flexibility index (Phi) is 6.55. The minimum absolute atomic E-state index is 0.0992. The van der Waals surface area contributed by atoms with E-state index in [0.29, 0.717) is 31.2 Å². The number of ether oxygens (including phenoxy) is 3. The summed E-state index contributed by atoms with van der Waals surface area (Å²) in [5.74, 6) is 0.810. The Morgan fingerprint density at radius 1 is 1.19 bits per heavy atom. The highest BCUT2D eigenvalue weighted by molar-refractivity contribution is 6.30. The van der Waals surface area contributed by atoms with Gasteiger partial charge in [-0.2, -0.15) is 0 Å². The van der Waals surface area contributed by atoms with Crippen LogP contribution < -0.4 is 9.47 Å². The molecule has 2 atom stereocenters. The minimum atomic E-state index is -0.438. The standard InChI is InChI=1S/C20H23ClFNO4/c1-25-17-6-4-14(10-18(17)26-2)20-19(12-24)27-8-7-23(20)11-13-3-5-16(22)15(21)9-13/h3-6,9-10,19-20,24H,7-8,11-12H2,1-2H3/t19-,20-/m1/s1. The third kappa shape index (κ3) is 4.35. The van der Waals surface area contributed by atoms with E-state index in [-0.39, 0.29) is 23.8 Å². The summed E-state index contributed by atoms with van der Waals surface area (Å²) < 4.78 is 30.0. The summed E-state index contributed by atoms with van der Waals surface area (Å²) in [7, 11) is 3.17. The van der Waals surface area contributed by atoms with Gasteiger partial charge >= 0.3 is 0 Å². The molecule has 27 heavy (non-hydrogen) atoms. The van der Waals surface area contributed by atoms with Crippen LogP contribution in [0, 0.1) is 5.82 Å². The Hall–Kier alpha value is -1.86. The SMILES string of the molecule is COc1ccc([C@@H]2[C@@H](CO)OCCN2Cc2ccc(F)c(Cl)c2)cc1OC. The summed E-state index contributed by atoms with van der Waals surface area (Å²) in [4.78, 5) is 2.19. The Bertz CT molecular complexity index is 789. The second-order valence-electron chi connectivity index (χ2n) is 6.37. The maximum Gasteiger partial charge on any atom is 0.161 e. The largest absolute Gasteiger partial charge is 0.493 e. The molecule has 0 radical (unpaired) electrons. The fourth-order valence-corrected chi connectivity index (χ4v) is 3.65. The number of morpholine rings is 1. The zero-order valence-corrected chi connectivity index (χ0v) is 16.1. The molecule has 0 amide bonds. The van der Waals surface area contributed by atoms with Crippen molar-refractivity contribution in [3.05, 3.63) is 58.4 Å². The van der Waals surface area contributed by atoms with Crippen LogP contribution in [0.5, 0.6) is 11.5 Å². The van der Waals surface area contributed by atoms with Crippen molar-refractivity contribution in [2.75, 3.05) is 34.0 Å². The first-order valence-corrected chi connectivity index (χ1v) is 9.07. The number of aliphatic hydroxyl groups excluding tert-OH is 1.